The number of hydrogen-bond donors (Lipinski definition) is 1. The Labute approximate surface area is 138 Å². The third kappa shape index (κ3) is 3.79. The van der Waals surface area contributed by atoms with Gasteiger partial charge in [0.05, 0.1) is 9.23 Å². The highest BCUT2D eigenvalue weighted by molar-refractivity contribution is 7.94. The molecule has 23 heavy (non-hydrogen) atoms. The zero-order chi connectivity index (χ0) is 17.5. The summed E-state index contributed by atoms with van der Waals surface area (Å²) in [5.41, 5.74) is -5.52. The lowest BCUT2D eigenvalue weighted by atomic mass is 10.3. The fraction of sp³-hybridized carbons (Fsp3) is 0.0909. The maximum atomic E-state index is 12.4. The van der Waals surface area contributed by atoms with Crippen LogP contribution in [0, 0.1) is 0 Å². The smallest absolute Gasteiger partial charge is 0.279 e. The van der Waals surface area contributed by atoms with Crippen molar-refractivity contribution in [2.45, 2.75) is 14.6 Å². The third-order valence-electron chi connectivity index (χ3n) is 2.53. The van der Waals surface area contributed by atoms with Gasteiger partial charge in [0.2, 0.25) is 0 Å². The third-order valence-corrected chi connectivity index (χ3v) is 7.14. The molecular formula is C11H7ClF3NO4S3. The topological polar surface area (TPSA) is 80.3 Å². The second-order valence-corrected chi connectivity index (χ2v) is 9.70. The lowest BCUT2D eigenvalue weighted by Crippen LogP contribution is -2.23. The zero-order valence-corrected chi connectivity index (χ0v) is 14.0. The van der Waals surface area contributed by atoms with Crippen molar-refractivity contribution in [3.63, 3.8) is 0 Å². The summed E-state index contributed by atoms with van der Waals surface area (Å²) < 4.78 is 85.9. The minimum Gasteiger partial charge on any atom is -0.279 e. The second-order valence-electron chi connectivity index (χ2n) is 4.14. The molecule has 1 aromatic carbocycles. The average Bonchev–Trinajstić information content (AvgIpc) is 2.85. The first kappa shape index (κ1) is 18.0. The van der Waals surface area contributed by atoms with Gasteiger partial charge in [0, 0.05) is 5.69 Å². The molecule has 1 N–H and O–H groups in total. The van der Waals surface area contributed by atoms with Gasteiger partial charge < -0.3 is 0 Å². The molecule has 1 aromatic heterocycles. The van der Waals surface area contributed by atoms with Gasteiger partial charge in [-0.25, -0.2) is 16.8 Å². The van der Waals surface area contributed by atoms with E-state index in [0.717, 1.165) is 23.5 Å². The maximum absolute atomic E-state index is 12.4. The lowest BCUT2D eigenvalue weighted by molar-refractivity contribution is -0.0436. The van der Waals surface area contributed by atoms with Gasteiger partial charge >= 0.3 is 5.51 Å². The van der Waals surface area contributed by atoms with Gasteiger partial charge in [-0.1, -0.05) is 11.6 Å². The van der Waals surface area contributed by atoms with Gasteiger partial charge in [0.25, 0.3) is 19.9 Å². The van der Waals surface area contributed by atoms with E-state index in [4.69, 9.17) is 11.6 Å². The Balaban J connectivity index is 2.28. The molecule has 0 aliphatic heterocycles. The summed E-state index contributed by atoms with van der Waals surface area (Å²) >= 11 is 6.43. The van der Waals surface area contributed by atoms with Crippen molar-refractivity contribution in [3.05, 3.63) is 40.7 Å². The maximum Gasteiger partial charge on any atom is 0.501 e. The molecule has 12 heteroatoms. The number of alkyl halides is 3. The molecule has 1 heterocycles. The van der Waals surface area contributed by atoms with Gasteiger partial charge in [0.1, 0.15) is 4.21 Å². The molecule has 0 saturated carbocycles. The van der Waals surface area contributed by atoms with Crippen LogP contribution in [0.5, 0.6) is 0 Å². The van der Waals surface area contributed by atoms with E-state index in [1.807, 2.05) is 0 Å². The van der Waals surface area contributed by atoms with Crippen molar-refractivity contribution >= 4 is 48.5 Å². The molecule has 0 fully saturated rings. The van der Waals surface area contributed by atoms with Crippen LogP contribution in [-0.4, -0.2) is 22.3 Å². The summed E-state index contributed by atoms with van der Waals surface area (Å²) in [7, 11) is -9.44. The van der Waals surface area contributed by atoms with E-state index in [9.17, 15) is 30.0 Å². The van der Waals surface area contributed by atoms with Crippen LogP contribution < -0.4 is 4.72 Å². The zero-order valence-electron chi connectivity index (χ0n) is 10.8. The molecule has 0 aliphatic carbocycles. The molecule has 0 unspecified atom stereocenters. The fourth-order valence-corrected chi connectivity index (χ4v) is 4.79. The standard InChI is InChI=1S/C11H7ClF3NO4S3/c12-9-5-6-10(21-9)23(19,20)16-7-1-3-8(4-2-7)22(17,18)11(13,14)15/h1-6,16H. The Morgan fingerprint density at radius 2 is 1.52 bits per heavy atom. The highest BCUT2D eigenvalue weighted by Gasteiger charge is 2.46. The molecule has 0 radical (unpaired) electrons. The Bertz CT molecular complexity index is 918. The Morgan fingerprint density at radius 3 is 1.96 bits per heavy atom. The van der Waals surface area contributed by atoms with E-state index >= 15 is 0 Å². The van der Waals surface area contributed by atoms with E-state index in [-0.39, 0.29) is 14.2 Å². The second kappa shape index (κ2) is 5.96. The summed E-state index contributed by atoms with van der Waals surface area (Å²) in [4.78, 5) is -0.980. The predicted molar refractivity (Wildman–Crippen MR) is 79.8 cm³/mol. The van der Waals surface area contributed by atoms with Crippen LogP contribution in [0.4, 0.5) is 18.9 Å². The van der Waals surface area contributed by atoms with Crippen LogP contribution >= 0.6 is 22.9 Å². The van der Waals surface area contributed by atoms with Crippen LogP contribution in [0.15, 0.2) is 45.5 Å². The van der Waals surface area contributed by atoms with Crippen LogP contribution in [0.3, 0.4) is 0 Å². The normalized spacial score (nSPS) is 13.0. The van der Waals surface area contributed by atoms with Crippen molar-refractivity contribution in [1.82, 2.24) is 0 Å². The number of hydrogen-bond acceptors (Lipinski definition) is 5. The van der Waals surface area contributed by atoms with E-state index in [1.165, 1.54) is 12.1 Å². The lowest BCUT2D eigenvalue weighted by Gasteiger charge is -2.09. The van der Waals surface area contributed by atoms with Crippen LogP contribution in [0.2, 0.25) is 4.34 Å². The Morgan fingerprint density at radius 1 is 0.957 bits per heavy atom. The van der Waals surface area contributed by atoms with Gasteiger partial charge in [-0.2, -0.15) is 13.2 Å². The highest BCUT2D eigenvalue weighted by atomic mass is 35.5. The molecule has 2 rings (SSSR count). The van der Waals surface area contributed by atoms with Crippen molar-refractivity contribution in [1.29, 1.82) is 0 Å². The van der Waals surface area contributed by atoms with E-state index in [2.05, 4.69) is 4.72 Å². The first-order valence-electron chi connectivity index (χ1n) is 5.63. The van der Waals surface area contributed by atoms with E-state index in [0.29, 0.717) is 12.1 Å². The molecule has 126 valence electrons. The predicted octanol–water partition coefficient (Wildman–Crippen LogP) is 3.50. The summed E-state index contributed by atoms with van der Waals surface area (Å²) in [6, 6.07) is 5.82. The van der Waals surface area contributed by atoms with Crippen LogP contribution in [0.1, 0.15) is 0 Å². The van der Waals surface area contributed by atoms with Gasteiger partial charge in [-0.05, 0) is 36.4 Å². The molecule has 2 aromatic rings. The van der Waals surface area contributed by atoms with Gasteiger partial charge in [-0.3, -0.25) is 4.72 Å². The number of rotatable bonds is 4. The molecular weight excluding hydrogens is 399 g/mol. The summed E-state index contributed by atoms with van der Waals surface area (Å²) in [5.74, 6) is 0. The SMILES string of the molecule is O=S(=O)(Nc1ccc(S(=O)(=O)C(F)(F)F)cc1)c1ccc(Cl)s1. The molecule has 0 amide bonds. The van der Waals surface area contributed by atoms with Gasteiger partial charge in [-0.15, -0.1) is 11.3 Å². The summed E-state index contributed by atoms with van der Waals surface area (Å²) in [6.45, 7) is 0. The van der Waals surface area contributed by atoms with E-state index in [1.54, 1.807) is 0 Å². The van der Waals surface area contributed by atoms with Gasteiger partial charge in [0.15, 0.2) is 0 Å². The quantitative estimate of drug-likeness (QED) is 0.844. The number of sulfone groups is 1. The number of nitrogens with one attached hydrogen (secondary N) is 1. The minimum atomic E-state index is -5.48. The summed E-state index contributed by atoms with van der Waals surface area (Å²) in [6.07, 6.45) is 0. The fourth-order valence-electron chi connectivity index (χ4n) is 1.48. The molecule has 0 saturated heterocycles. The Hall–Kier alpha value is -1.30. The molecule has 0 aliphatic rings. The number of halogens is 4. The number of sulfonamides is 1. The number of thiophene rings is 1. The molecule has 0 atom stereocenters. The summed E-state index contributed by atoms with van der Waals surface area (Å²) in [5, 5.41) is 0. The molecule has 0 bridgehead atoms. The average molecular weight is 406 g/mol. The molecule has 0 spiro atoms. The first-order chi connectivity index (χ1) is 10.4. The minimum absolute atomic E-state index is 0.0874. The van der Waals surface area contributed by atoms with Crippen molar-refractivity contribution in [2.75, 3.05) is 4.72 Å². The molecule has 5 nitrogen and oxygen atoms in total. The van der Waals surface area contributed by atoms with Crippen LogP contribution in [0.25, 0.3) is 0 Å². The van der Waals surface area contributed by atoms with Crippen LogP contribution in [-0.2, 0) is 19.9 Å². The Kier molecular flexibility index (Phi) is 4.68. The van der Waals surface area contributed by atoms with Crippen molar-refractivity contribution < 1.29 is 30.0 Å². The first-order valence-corrected chi connectivity index (χ1v) is 9.79. The monoisotopic (exact) mass is 405 g/mol. The largest absolute Gasteiger partial charge is 0.501 e. The number of anilines is 1. The van der Waals surface area contributed by atoms with Crippen molar-refractivity contribution in [2.24, 2.45) is 0 Å². The van der Waals surface area contributed by atoms with Crippen molar-refractivity contribution in [3.8, 4) is 0 Å². The van der Waals surface area contributed by atoms with E-state index < -0.39 is 30.3 Å². The number of benzene rings is 1. The highest BCUT2D eigenvalue weighted by Crippen LogP contribution is 2.31.